The molecule has 6 saturated heterocycles. The number of nitrogen functional groups attached to an aromatic ring is 1. The van der Waals surface area contributed by atoms with Crippen LogP contribution in [0.2, 0.25) is 0 Å². The number of aromatic nitrogens is 3. The Kier molecular flexibility index (Phi) is 30.1. The normalized spacial score (nSPS) is 25.8. The topological polar surface area (TPSA) is 267 Å². The molecule has 2 radical (unpaired) electrons. The van der Waals surface area contributed by atoms with Gasteiger partial charge in [-0.2, -0.15) is 0 Å². The summed E-state index contributed by atoms with van der Waals surface area (Å²) in [4.78, 5) is 61.9. The van der Waals surface area contributed by atoms with Crippen molar-refractivity contribution in [3.63, 3.8) is 0 Å². The summed E-state index contributed by atoms with van der Waals surface area (Å²) in [5.74, 6) is 0.186. The molecular weight excluding hydrogens is 1180 g/mol. The standard InChI is InChI=1S/C13H17N3O2S.C13H19N3S.C10H17NOS.C5H3BrN2O2.C4H8O2.2ClH.2H2O.Sn/c1-15-9-2-3-10(15)7-12(6-9)19-11-4-5-13(14-8-11)16(17)18;1-16-9-2-3-10(16)7-12(6-9)17-11-4-5-13(14)15-8-11;1-7(12)13-10-5-8-3-4-9(6-10)11(8)2;6-4-1-2-5(7-3-4)8(9)10;1-3-6-4(2)5;;;;;/h4-5,8-10,12H,2-3,6-7H2,1H3;4-5,8-10,12H,2-3,6-7H2,1H3,(H2,14,15);8-10H,3-6H2,1-2H3;1-3H;3H2,1-2H3;2*1H;2*1H2;/q;;;;;;;;;+2/p-2/t2*9-,10+,12?;8-,9+,10?;;;;;;;. The number of halogens is 3. The van der Waals surface area contributed by atoms with E-state index in [1.807, 2.05) is 41.9 Å². The summed E-state index contributed by atoms with van der Waals surface area (Å²) in [6.45, 7) is 5.34. The van der Waals surface area contributed by atoms with Gasteiger partial charge in [0, 0.05) is 89.1 Å². The molecule has 0 aliphatic carbocycles. The van der Waals surface area contributed by atoms with Crippen LogP contribution < -0.4 is 5.73 Å². The molecule has 0 spiro atoms. The number of hydrogen-bond donors (Lipinski definition) is 1. The van der Waals surface area contributed by atoms with Crippen molar-refractivity contribution in [3.05, 3.63) is 79.7 Å². The van der Waals surface area contributed by atoms with Crippen molar-refractivity contribution in [2.75, 3.05) is 33.5 Å². The van der Waals surface area contributed by atoms with Gasteiger partial charge in [-0.05, 0) is 165 Å². The first-order valence-electron chi connectivity index (χ1n) is 22.7. The number of nitro groups is 2. The van der Waals surface area contributed by atoms with E-state index >= 15 is 0 Å². The van der Waals surface area contributed by atoms with Gasteiger partial charge in [-0.15, -0.1) is 23.5 Å². The average molecular weight is 1240 g/mol. The van der Waals surface area contributed by atoms with Gasteiger partial charge in [0.05, 0.1) is 16.0 Å². The summed E-state index contributed by atoms with van der Waals surface area (Å²) < 4.78 is 5.14. The third-order valence-electron chi connectivity index (χ3n) is 13.0. The van der Waals surface area contributed by atoms with Gasteiger partial charge < -0.3 is 56.4 Å². The molecule has 9 atom stereocenters. The van der Waals surface area contributed by atoms with Crippen molar-refractivity contribution >= 4 is 116 Å². The zero-order chi connectivity index (χ0) is 49.9. The van der Waals surface area contributed by atoms with Crippen LogP contribution in [-0.4, -0.2) is 160 Å². The third-order valence-corrected chi connectivity index (χ3v) is 17.0. The van der Waals surface area contributed by atoms with E-state index in [2.05, 4.69) is 77.5 Å². The van der Waals surface area contributed by atoms with Gasteiger partial charge in [-0.1, -0.05) is 11.8 Å². The third kappa shape index (κ3) is 21.4. The predicted molar refractivity (Wildman–Crippen MR) is 288 cm³/mol. The zero-order valence-electron chi connectivity index (χ0n) is 40.5. The zero-order valence-corrected chi connectivity index (χ0v) is 48.9. The Bertz CT molecular complexity index is 2010. The summed E-state index contributed by atoms with van der Waals surface area (Å²) >= 11 is 7.64. The van der Waals surface area contributed by atoms with Crippen molar-refractivity contribution in [2.24, 2.45) is 0 Å². The van der Waals surface area contributed by atoms with E-state index in [1.54, 1.807) is 37.9 Å². The SMILES string of the molecule is CC(=O)SC1C[C@H]2CC[C@@H](C1)N2C.CCOC(C)=O.CN1[C@@H]2CC[C@H]1CC(Sc1ccc(N)nc1)C2.CN1[C@@H]2CC[C@H]1CC(Sc1ccc([N+](=O)[O-])nc1)C2.O.O.O=[N+]([O-])c1ccc(Br)cn1.[Cl][Sn][Cl]. The fraction of sp³-hybridized carbons (Fsp3) is 0.622. The van der Waals surface area contributed by atoms with E-state index < -0.39 is 28.7 Å². The summed E-state index contributed by atoms with van der Waals surface area (Å²) in [6.07, 6.45) is 20.5. The molecule has 3 aromatic rings. The number of hydrogen-bond acceptors (Lipinski definition) is 17. The Morgan fingerprint density at radius 2 is 1.04 bits per heavy atom. The van der Waals surface area contributed by atoms with E-state index in [0.29, 0.717) is 22.9 Å². The summed E-state index contributed by atoms with van der Waals surface area (Å²) in [7, 11) is 16.6. The fourth-order valence-electron chi connectivity index (χ4n) is 9.68. The molecule has 9 rings (SSSR count). The molecule has 0 amide bonds. The van der Waals surface area contributed by atoms with Crippen LogP contribution in [0.1, 0.15) is 97.8 Å². The van der Waals surface area contributed by atoms with Gasteiger partial charge in [-0.25, -0.2) is 4.98 Å². The number of rotatable bonds is 8. The number of nitrogens with zero attached hydrogens (tertiary/aromatic N) is 8. The Morgan fingerprint density at radius 1 is 0.686 bits per heavy atom. The molecule has 9 heterocycles. The van der Waals surface area contributed by atoms with E-state index in [0.717, 1.165) is 50.9 Å². The minimum absolute atomic E-state index is 0. The number of anilines is 1. The number of thioether (sulfide) groups is 3. The Morgan fingerprint density at radius 3 is 1.31 bits per heavy atom. The number of carbonyl (C=O) groups excluding carboxylic acids is 2. The van der Waals surface area contributed by atoms with Crippen molar-refractivity contribution in [3.8, 4) is 0 Å². The first-order chi connectivity index (χ1) is 32.4. The number of fused-ring (bicyclic) bond motifs is 6. The molecule has 18 nitrogen and oxygen atoms in total. The van der Waals surface area contributed by atoms with Crippen LogP contribution in [0.15, 0.2) is 69.3 Å². The predicted octanol–water partition coefficient (Wildman–Crippen LogP) is 8.65. The molecule has 6 bridgehead atoms. The van der Waals surface area contributed by atoms with Gasteiger partial charge >= 0.3 is 54.3 Å². The monoisotopic (exact) mass is 1240 g/mol. The van der Waals surface area contributed by atoms with Crippen LogP contribution in [-0.2, 0) is 14.3 Å². The first kappa shape index (κ1) is 64.0. The van der Waals surface area contributed by atoms with E-state index in [1.165, 1.54) is 107 Å². The molecule has 6 fully saturated rings. The van der Waals surface area contributed by atoms with Crippen molar-refractivity contribution in [1.82, 2.24) is 29.7 Å². The maximum atomic E-state index is 11.0. The molecule has 390 valence electrons. The average Bonchev–Trinajstić information content (AvgIpc) is 3.69. The first-order valence-corrected chi connectivity index (χ1v) is 33.4. The summed E-state index contributed by atoms with van der Waals surface area (Å²) in [5, 5.41) is 22.9. The number of ether oxygens (including phenoxy) is 1. The fourth-order valence-corrected chi connectivity index (χ4v) is 13.6. The minimum atomic E-state index is -0.826. The van der Waals surface area contributed by atoms with E-state index in [-0.39, 0.29) is 33.7 Å². The van der Waals surface area contributed by atoms with E-state index in [9.17, 15) is 29.8 Å². The van der Waals surface area contributed by atoms with Crippen molar-refractivity contribution in [2.45, 2.75) is 160 Å². The molecule has 3 unspecified atom stereocenters. The maximum absolute atomic E-state index is 11.0. The molecular formula is C45H68BrCl2N9O9S3Sn. The van der Waals surface area contributed by atoms with Gasteiger partial charge in [0.2, 0.25) is 0 Å². The van der Waals surface area contributed by atoms with Crippen molar-refractivity contribution in [1.29, 1.82) is 0 Å². The van der Waals surface area contributed by atoms with Gasteiger partial charge in [0.15, 0.2) is 17.5 Å². The Hall–Kier alpha value is -2.10. The number of pyridine rings is 3. The molecule has 6 N–H and O–H groups in total. The van der Waals surface area contributed by atoms with Crippen molar-refractivity contribution < 1.29 is 35.1 Å². The molecule has 70 heavy (non-hydrogen) atoms. The number of esters is 1. The number of piperidine rings is 3. The Balaban J connectivity index is 0.000000305. The van der Waals surface area contributed by atoms with Crippen LogP contribution in [0.5, 0.6) is 0 Å². The summed E-state index contributed by atoms with van der Waals surface area (Å²) in [6, 6.07) is 14.8. The molecule has 6 aliphatic heterocycles. The van der Waals surface area contributed by atoms with Gasteiger partial charge in [0.25, 0.3) is 0 Å². The second kappa shape index (κ2) is 32.9. The van der Waals surface area contributed by atoms with Crippen LogP contribution in [0.25, 0.3) is 0 Å². The number of nitrogens with two attached hydrogens (primary N) is 1. The molecule has 0 aromatic carbocycles. The van der Waals surface area contributed by atoms with Crippen LogP contribution in [0.4, 0.5) is 17.5 Å². The van der Waals surface area contributed by atoms with Gasteiger partial charge in [0.1, 0.15) is 5.82 Å². The molecule has 0 saturated carbocycles. The van der Waals surface area contributed by atoms with Crippen LogP contribution in [0.3, 0.4) is 0 Å². The molecule has 6 aliphatic rings. The quantitative estimate of drug-likeness (QED) is 0.0956. The van der Waals surface area contributed by atoms with E-state index in [4.69, 9.17) is 23.6 Å². The summed E-state index contributed by atoms with van der Waals surface area (Å²) in [5.41, 5.74) is 5.61. The van der Waals surface area contributed by atoms with Crippen LogP contribution >= 0.6 is 69.1 Å². The second-order valence-electron chi connectivity index (χ2n) is 17.4. The molecule has 3 aromatic heterocycles. The molecule has 25 heteroatoms. The van der Waals surface area contributed by atoms with Gasteiger partial charge in [-0.3, -0.25) is 9.59 Å². The van der Waals surface area contributed by atoms with Crippen LogP contribution in [0, 0.1) is 20.2 Å². The Labute approximate surface area is 450 Å². The number of carbonyl (C=O) groups is 2. The second-order valence-corrected chi connectivity index (χ2v) is 26.8.